The Bertz CT molecular complexity index is 948. The topological polar surface area (TPSA) is 91.7 Å². The van der Waals surface area contributed by atoms with Gasteiger partial charge in [0.15, 0.2) is 5.76 Å². The minimum atomic E-state index is -0.125. The summed E-state index contributed by atoms with van der Waals surface area (Å²) in [4.78, 5) is 40.0. The molecular formula is C25H31N3O4. The zero-order valence-electron chi connectivity index (χ0n) is 18.5. The number of carbonyl (C=O) groups is 3. The fourth-order valence-corrected chi connectivity index (χ4v) is 4.75. The van der Waals surface area contributed by atoms with Crippen LogP contribution in [0.4, 0.5) is 0 Å². The van der Waals surface area contributed by atoms with Crippen molar-refractivity contribution >= 4 is 17.7 Å². The molecule has 4 rings (SSSR count). The first-order chi connectivity index (χ1) is 15.5. The molecule has 0 spiro atoms. The predicted molar refractivity (Wildman–Crippen MR) is 120 cm³/mol. The van der Waals surface area contributed by atoms with Crippen LogP contribution in [0.5, 0.6) is 0 Å². The van der Waals surface area contributed by atoms with Gasteiger partial charge in [0, 0.05) is 36.7 Å². The van der Waals surface area contributed by atoms with Crippen LogP contribution in [0.1, 0.15) is 65.0 Å². The third kappa shape index (κ3) is 5.03. The predicted octanol–water partition coefficient (Wildman–Crippen LogP) is 3.30. The molecule has 1 saturated heterocycles. The Labute approximate surface area is 188 Å². The number of benzene rings is 1. The van der Waals surface area contributed by atoms with Gasteiger partial charge in [-0.3, -0.25) is 14.4 Å². The third-order valence-electron chi connectivity index (χ3n) is 6.68. The van der Waals surface area contributed by atoms with Crippen LogP contribution < -0.4 is 10.6 Å². The van der Waals surface area contributed by atoms with Crippen molar-refractivity contribution in [3.63, 3.8) is 0 Å². The first-order valence-corrected chi connectivity index (χ1v) is 11.5. The van der Waals surface area contributed by atoms with Gasteiger partial charge in [-0.1, -0.05) is 31.0 Å². The zero-order chi connectivity index (χ0) is 22.5. The molecule has 0 unspecified atom stereocenters. The number of carbonyl (C=O) groups excluding carboxylic acids is 3. The van der Waals surface area contributed by atoms with Crippen molar-refractivity contribution in [3.8, 4) is 0 Å². The van der Waals surface area contributed by atoms with Crippen LogP contribution in [-0.2, 0) is 4.79 Å². The Morgan fingerprint density at radius 2 is 1.59 bits per heavy atom. The minimum Gasteiger partial charge on any atom is -0.459 e. The average molecular weight is 438 g/mol. The molecule has 1 aromatic heterocycles. The molecule has 32 heavy (non-hydrogen) atoms. The van der Waals surface area contributed by atoms with Gasteiger partial charge < -0.3 is 20.0 Å². The molecule has 1 aliphatic heterocycles. The maximum Gasteiger partial charge on any atom is 0.289 e. The van der Waals surface area contributed by atoms with E-state index in [4.69, 9.17) is 4.42 Å². The van der Waals surface area contributed by atoms with E-state index in [0.29, 0.717) is 37.3 Å². The molecule has 2 atom stereocenters. The SMILES string of the molecule is Cc1ccccc1C(=O)N[C@@H]1CCCC[C@H]1NC(=O)C1CCN(C(=O)c2ccco2)CC1. The van der Waals surface area contributed by atoms with Gasteiger partial charge in [0.05, 0.1) is 6.26 Å². The largest absolute Gasteiger partial charge is 0.459 e. The molecule has 2 fully saturated rings. The maximum absolute atomic E-state index is 13.0. The smallest absolute Gasteiger partial charge is 0.289 e. The molecule has 7 heteroatoms. The molecule has 170 valence electrons. The monoisotopic (exact) mass is 437 g/mol. The van der Waals surface area contributed by atoms with E-state index in [1.807, 2.05) is 31.2 Å². The fraction of sp³-hybridized carbons (Fsp3) is 0.480. The second-order valence-corrected chi connectivity index (χ2v) is 8.84. The number of amides is 3. The van der Waals surface area contributed by atoms with Crippen molar-refractivity contribution < 1.29 is 18.8 Å². The second-order valence-electron chi connectivity index (χ2n) is 8.84. The lowest BCUT2D eigenvalue weighted by Crippen LogP contribution is -2.55. The standard InChI is InChI=1S/C25H31N3O4/c1-17-7-2-3-8-19(17)24(30)27-21-10-5-4-9-20(21)26-23(29)18-12-14-28(15-13-18)25(31)22-11-6-16-32-22/h2-3,6-8,11,16,18,20-21H,4-5,9-10,12-15H2,1H3,(H,26,29)(H,27,30)/t20-,21-/m1/s1. The average Bonchev–Trinajstić information content (AvgIpc) is 3.35. The number of furan rings is 1. The summed E-state index contributed by atoms with van der Waals surface area (Å²) in [6.07, 6.45) is 6.55. The summed E-state index contributed by atoms with van der Waals surface area (Å²) in [6.45, 7) is 3.00. The summed E-state index contributed by atoms with van der Waals surface area (Å²) in [5.74, 6) is 0.0314. The molecule has 0 bridgehead atoms. The van der Waals surface area contributed by atoms with Crippen molar-refractivity contribution in [2.45, 2.75) is 57.5 Å². The van der Waals surface area contributed by atoms with Crippen molar-refractivity contribution in [1.29, 1.82) is 0 Å². The number of piperidine rings is 1. The van der Waals surface area contributed by atoms with Crippen molar-refractivity contribution in [2.75, 3.05) is 13.1 Å². The highest BCUT2D eigenvalue weighted by Crippen LogP contribution is 2.23. The lowest BCUT2D eigenvalue weighted by Gasteiger charge is -2.35. The minimum absolute atomic E-state index is 0.0251. The molecule has 7 nitrogen and oxygen atoms in total. The second kappa shape index (κ2) is 10.0. The van der Waals surface area contributed by atoms with Crippen LogP contribution in [0.2, 0.25) is 0 Å². The Morgan fingerprint density at radius 3 is 2.25 bits per heavy atom. The fourth-order valence-electron chi connectivity index (χ4n) is 4.75. The quantitative estimate of drug-likeness (QED) is 0.751. The van der Waals surface area contributed by atoms with Gasteiger partial charge in [0.2, 0.25) is 5.91 Å². The summed E-state index contributed by atoms with van der Waals surface area (Å²) >= 11 is 0. The number of aryl methyl sites for hydroxylation is 1. The van der Waals surface area contributed by atoms with Crippen LogP contribution in [0.15, 0.2) is 47.1 Å². The number of likely N-dealkylation sites (tertiary alicyclic amines) is 1. The zero-order valence-corrected chi connectivity index (χ0v) is 18.5. The third-order valence-corrected chi connectivity index (χ3v) is 6.68. The van der Waals surface area contributed by atoms with E-state index in [2.05, 4.69) is 10.6 Å². The van der Waals surface area contributed by atoms with E-state index >= 15 is 0 Å². The van der Waals surface area contributed by atoms with E-state index in [9.17, 15) is 14.4 Å². The highest BCUT2D eigenvalue weighted by Gasteiger charge is 2.33. The molecule has 1 saturated carbocycles. The van der Waals surface area contributed by atoms with Gasteiger partial charge >= 0.3 is 0 Å². The van der Waals surface area contributed by atoms with Gasteiger partial charge in [-0.25, -0.2) is 0 Å². The Balaban J connectivity index is 1.31. The van der Waals surface area contributed by atoms with Crippen LogP contribution in [-0.4, -0.2) is 47.8 Å². The normalized spacial score (nSPS) is 21.7. The van der Waals surface area contributed by atoms with Crippen LogP contribution >= 0.6 is 0 Å². The van der Waals surface area contributed by atoms with Gasteiger partial charge in [0.1, 0.15) is 0 Å². The van der Waals surface area contributed by atoms with Crippen LogP contribution in [0, 0.1) is 12.8 Å². The van der Waals surface area contributed by atoms with E-state index in [0.717, 1.165) is 31.2 Å². The molecule has 1 aliphatic carbocycles. The van der Waals surface area contributed by atoms with Gasteiger partial charge in [-0.2, -0.15) is 0 Å². The summed E-state index contributed by atoms with van der Waals surface area (Å²) < 4.78 is 5.20. The van der Waals surface area contributed by atoms with E-state index in [1.165, 1.54) is 6.26 Å². The molecule has 1 aromatic carbocycles. The van der Waals surface area contributed by atoms with Crippen LogP contribution in [0.25, 0.3) is 0 Å². The van der Waals surface area contributed by atoms with Gasteiger partial charge in [0.25, 0.3) is 11.8 Å². The summed E-state index contributed by atoms with van der Waals surface area (Å²) in [6, 6.07) is 10.8. The molecule has 0 radical (unpaired) electrons. The molecule has 2 aromatic rings. The van der Waals surface area contributed by atoms with Crippen molar-refractivity contribution in [3.05, 3.63) is 59.5 Å². The lowest BCUT2D eigenvalue weighted by molar-refractivity contribution is -0.127. The highest BCUT2D eigenvalue weighted by atomic mass is 16.3. The highest BCUT2D eigenvalue weighted by molar-refractivity contribution is 5.96. The summed E-state index contributed by atoms with van der Waals surface area (Å²) in [5.41, 5.74) is 1.62. The van der Waals surface area contributed by atoms with Gasteiger partial charge in [-0.15, -0.1) is 0 Å². The number of hydrogen-bond acceptors (Lipinski definition) is 4. The van der Waals surface area contributed by atoms with Crippen LogP contribution in [0.3, 0.4) is 0 Å². The number of rotatable bonds is 5. The molecule has 2 N–H and O–H groups in total. The first kappa shape index (κ1) is 22.1. The Hall–Kier alpha value is -3.09. The number of nitrogens with zero attached hydrogens (tertiary/aromatic N) is 1. The van der Waals surface area contributed by atoms with E-state index < -0.39 is 0 Å². The summed E-state index contributed by atoms with van der Waals surface area (Å²) in [7, 11) is 0. The Kier molecular flexibility index (Phi) is 6.93. The lowest BCUT2D eigenvalue weighted by atomic mass is 9.88. The van der Waals surface area contributed by atoms with E-state index in [1.54, 1.807) is 17.0 Å². The Morgan fingerprint density at radius 1 is 0.906 bits per heavy atom. The van der Waals surface area contributed by atoms with Crippen molar-refractivity contribution in [1.82, 2.24) is 15.5 Å². The maximum atomic E-state index is 13.0. The van der Waals surface area contributed by atoms with Crippen molar-refractivity contribution in [2.24, 2.45) is 5.92 Å². The summed E-state index contributed by atoms with van der Waals surface area (Å²) in [5, 5.41) is 6.36. The number of nitrogens with one attached hydrogen (secondary N) is 2. The van der Waals surface area contributed by atoms with Gasteiger partial charge in [-0.05, 0) is 56.4 Å². The molecule has 3 amide bonds. The van der Waals surface area contributed by atoms with E-state index in [-0.39, 0.29) is 35.7 Å². The molecular weight excluding hydrogens is 406 g/mol. The molecule has 2 heterocycles. The number of hydrogen-bond donors (Lipinski definition) is 2. The first-order valence-electron chi connectivity index (χ1n) is 11.5. The molecule has 2 aliphatic rings.